The summed E-state index contributed by atoms with van der Waals surface area (Å²) in [5, 5.41) is 5.36. The Kier molecular flexibility index (Phi) is 1.85. The molecule has 0 N–H and O–H groups in total. The number of carbonyl (C=O) groups excluding carboxylic acids is 1. The van der Waals surface area contributed by atoms with Gasteiger partial charge >= 0.3 is 0 Å². The van der Waals surface area contributed by atoms with Gasteiger partial charge in [0, 0.05) is 13.5 Å². The standard InChI is InChI=1S/C7H10N2O/c1-3-4-6-5-7(10)9(2)8-6/h3H,1,4-5H2,2H3. The molecule has 0 saturated heterocycles. The Bertz CT molecular complexity index is 196. The van der Waals surface area contributed by atoms with Gasteiger partial charge in [-0.25, -0.2) is 5.01 Å². The number of rotatable bonds is 2. The predicted octanol–water partition coefficient (Wildman–Crippen LogP) is 0.781. The molecular weight excluding hydrogens is 128 g/mol. The Morgan fingerprint density at radius 3 is 3.00 bits per heavy atom. The first-order valence-corrected chi connectivity index (χ1v) is 3.18. The van der Waals surface area contributed by atoms with Gasteiger partial charge in [-0.05, 0) is 0 Å². The normalized spacial score (nSPS) is 17.5. The van der Waals surface area contributed by atoms with E-state index in [9.17, 15) is 4.79 Å². The van der Waals surface area contributed by atoms with Crippen molar-refractivity contribution in [2.75, 3.05) is 7.05 Å². The van der Waals surface area contributed by atoms with Crippen molar-refractivity contribution in [1.29, 1.82) is 0 Å². The molecule has 1 aliphatic heterocycles. The summed E-state index contributed by atoms with van der Waals surface area (Å²) in [5.74, 6) is 0.0665. The maximum Gasteiger partial charge on any atom is 0.248 e. The van der Waals surface area contributed by atoms with Gasteiger partial charge in [-0.1, -0.05) is 6.08 Å². The van der Waals surface area contributed by atoms with Crippen LogP contribution in [0, 0.1) is 0 Å². The molecule has 0 atom stereocenters. The number of carbonyl (C=O) groups is 1. The quantitative estimate of drug-likeness (QED) is 0.519. The van der Waals surface area contributed by atoms with Crippen LogP contribution in [0.1, 0.15) is 12.8 Å². The topological polar surface area (TPSA) is 32.7 Å². The van der Waals surface area contributed by atoms with Gasteiger partial charge in [0.2, 0.25) is 5.91 Å². The number of hydrogen-bond donors (Lipinski definition) is 0. The van der Waals surface area contributed by atoms with E-state index in [0.717, 1.165) is 12.1 Å². The average Bonchev–Trinajstić information content (AvgIpc) is 2.14. The number of hydrazone groups is 1. The molecule has 1 aliphatic rings. The van der Waals surface area contributed by atoms with Crippen molar-refractivity contribution >= 4 is 11.6 Å². The number of allylic oxidation sites excluding steroid dienone is 1. The molecule has 0 radical (unpaired) electrons. The highest BCUT2D eigenvalue weighted by molar-refractivity contribution is 6.05. The first-order chi connectivity index (χ1) is 4.74. The van der Waals surface area contributed by atoms with Gasteiger partial charge in [-0.15, -0.1) is 6.58 Å². The van der Waals surface area contributed by atoms with Crippen LogP contribution >= 0.6 is 0 Å². The highest BCUT2D eigenvalue weighted by Gasteiger charge is 2.18. The summed E-state index contributed by atoms with van der Waals surface area (Å²) in [7, 11) is 1.67. The van der Waals surface area contributed by atoms with Gasteiger partial charge in [0.15, 0.2) is 0 Å². The number of hydrogen-bond acceptors (Lipinski definition) is 2. The third-order valence-electron chi connectivity index (χ3n) is 1.39. The Hall–Kier alpha value is -1.12. The molecule has 0 aromatic carbocycles. The second-order valence-electron chi connectivity index (χ2n) is 2.25. The van der Waals surface area contributed by atoms with Crippen LogP contribution in [0.25, 0.3) is 0 Å². The van der Waals surface area contributed by atoms with Crippen LogP contribution in [0.4, 0.5) is 0 Å². The summed E-state index contributed by atoms with van der Waals surface area (Å²) in [4.78, 5) is 10.8. The van der Waals surface area contributed by atoms with Crippen molar-refractivity contribution in [3.05, 3.63) is 12.7 Å². The lowest BCUT2D eigenvalue weighted by Crippen LogP contribution is -2.13. The fourth-order valence-electron chi connectivity index (χ4n) is 0.872. The molecule has 0 aliphatic carbocycles. The zero-order valence-corrected chi connectivity index (χ0v) is 6.00. The lowest BCUT2D eigenvalue weighted by molar-refractivity contribution is -0.127. The van der Waals surface area contributed by atoms with E-state index in [-0.39, 0.29) is 5.91 Å². The largest absolute Gasteiger partial charge is 0.273 e. The summed E-state index contributed by atoms with van der Waals surface area (Å²) < 4.78 is 0. The van der Waals surface area contributed by atoms with Crippen molar-refractivity contribution in [1.82, 2.24) is 5.01 Å². The fraction of sp³-hybridized carbons (Fsp3) is 0.429. The first-order valence-electron chi connectivity index (χ1n) is 3.18. The van der Waals surface area contributed by atoms with Crippen LogP contribution in [0.2, 0.25) is 0 Å². The van der Waals surface area contributed by atoms with Crippen LogP contribution < -0.4 is 0 Å². The fourth-order valence-corrected chi connectivity index (χ4v) is 0.872. The van der Waals surface area contributed by atoms with E-state index in [2.05, 4.69) is 11.7 Å². The monoisotopic (exact) mass is 138 g/mol. The molecule has 0 spiro atoms. The number of amides is 1. The summed E-state index contributed by atoms with van der Waals surface area (Å²) >= 11 is 0. The van der Waals surface area contributed by atoms with Crippen LogP contribution in [-0.2, 0) is 4.79 Å². The van der Waals surface area contributed by atoms with E-state index in [1.807, 2.05) is 0 Å². The summed E-state index contributed by atoms with van der Waals surface area (Å²) in [5.41, 5.74) is 0.905. The molecule has 0 aromatic heterocycles. The van der Waals surface area contributed by atoms with E-state index in [4.69, 9.17) is 0 Å². The second-order valence-corrected chi connectivity index (χ2v) is 2.25. The molecule has 0 unspecified atom stereocenters. The minimum atomic E-state index is 0.0665. The molecule has 1 amide bonds. The third kappa shape index (κ3) is 1.23. The van der Waals surface area contributed by atoms with Crippen LogP contribution in [0.5, 0.6) is 0 Å². The van der Waals surface area contributed by atoms with E-state index < -0.39 is 0 Å². The zero-order valence-electron chi connectivity index (χ0n) is 6.00. The average molecular weight is 138 g/mol. The van der Waals surface area contributed by atoms with Crippen molar-refractivity contribution in [2.24, 2.45) is 5.10 Å². The highest BCUT2D eigenvalue weighted by atomic mass is 16.2. The Labute approximate surface area is 60.0 Å². The molecule has 10 heavy (non-hydrogen) atoms. The molecule has 0 bridgehead atoms. The van der Waals surface area contributed by atoms with Gasteiger partial charge in [-0.2, -0.15) is 5.10 Å². The van der Waals surface area contributed by atoms with Crippen LogP contribution in [0.3, 0.4) is 0 Å². The SMILES string of the molecule is C=CCC1=NN(C)C(=O)C1. The minimum Gasteiger partial charge on any atom is -0.273 e. The third-order valence-corrected chi connectivity index (χ3v) is 1.39. The molecule has 1 rings (SSSR count). The predicted molar refractivity (Wildman–Crippen MR) is 39.6 cm³/mol. The molecule has 3 heteroatoms. The summed E-state index contributed by atoms with van der Waals surface area (Å²) in [6.07, 6.45) is 2.93. The Balaban J connectivity index is 2.57. The summed E-state index contributed by atoms with van der Waals surface area (Å²) in [6.45, 7) is 3.56. The minimum absolute atomic E-state index is 0.0665. The molecule has 3 nitrogen and oxygen atoms in total. The second kappa shape index (κ2) is 2.64. The highest BCUT2D eigenvalue weighted by Crippen LogP contribution is 2.07. The van der Waals surface area contributed by atoms with Gasteiger partial charge < -0.3 is 0 Å². The first kappa shape index (κ1) is 6.99. The Morgan fingerprint density at radius 2 is 2.60 bits per heavy atom. The maximum atomic E-state index is 10.8. The van der Waals surface area contributed by atoms with E-state index in [0.29, 0.717) is 6.42 Å². The van der Waals surface area contributed by atoms with Crippen molar-refractivity contribution in [3.63, 3.8) is 0 Å². The molecule has 54 valence electrons. The van der Waals surface area contributed by atoms with Gasteiger partial charge in [-0.3, -0.25) is 4.79 Å². The van der Waals surface area contributed by atoms with Gasteiger partial charge in [0.05, 0.1) is 12.1 Å². The van der Waals surface area contributed by atoms with Crippen molar-refractivity contribution < 1.29 is 4.79 Å². The lowest BCUT2D eigenvalue weighted by atomic mass is 10.2. The van der Waals surface area contributed by atoms with E-state index in [1.165, 1.54) is 5.01 Å². The molecular formula is C7H10N2O. The van der Waals surface area contributed by atoms with E-state index in [1.54, 1.807) is 13.1 Å². The molecule has 0 fully saturated rings. The lowest BCUT2D eigenvalue weighted by Gasteiger charge is -1.98. The van der Waals surface area contributed by atoms with Crippen molar-refractivity contribution in [3.8, 4) is 0 Å². The molecule has 1 heterocycles. The number of nitrogens with zero attached hydrogens (tertiary/aromatic N) is 2. The summed E-state index contributed by atoms with van der Waals surface area (Å²) in [6, 6.07) is 0. The Morgan fingerprint density at radius 1 is 1.90 bits per heavy atom. The smallest absolute Gasteiger partial charge is 0.248 e. The van der Waals surface area contributed by atoms with Crippen LogP contribution in [-0.4, -0.2) is 23.7 Å². The zero-order chi connectivity index (χ0) is 7.56. The maximum absolute atomic E-state index is 10.8. The van der Waals surface area contributed by atoms with Crippen LogP contribution in [0.15, 0.2) is 17.8 Å². The molecule has 0 aromatic rings. The molecule has 0 saturated carbocycles. The van der Waals surface area contributed by atoms with E-state index >= 15 is 0 Å². The van der Waals surface area contributed by atoms with Gasteiger partial charge in [0.25, 0.3) is 0 Å². The van der Waals surface area contributed by atoms with Gasteiger partial charge in [0.1, 0.15) is 0 Å². The van der Waals surface area contributed by atoms with Crippen molar-refractivity contribution in [2.45, 2.75) is 12.8 Å².